The maximum Gasteiger partial charge on any atom is 0.246 e. The lowest BCUT2D eigenvalue weighted by molar-refractivity contribution is -0.118. The minimum Gasteiger partial charge on any atom is -0.329 e. The average molecular weight is 299 g/mol. The monoisotopic (exact) mass is 298 g/mol. The highest BCUT2D eigenvalue weighted by Gasteiger charge is 2.30. The highest BCUT2D eigenvalue weighted by Crippen LogP contribution is 2.38. The minimum absolute atomic E-state index is 0.0352. The largest absolute Gasteiger partial charge is 0.329 e. The number of nitrogens with one attached hydrogen (secondary N) is 1. The Bertz CT molecular complexity index is 773. The summed E-state index contributed by atoms with van der Waals surface area (Å²) in [6, 6.07) is 7.73. The first-order chi connectivity index (χ1) is 10.2. The van der Waals surface area contributed by atoms with Gasteiger partial charge in [-0.3, -0.25) is 15.1 Å². The van der Waals surface area contributed by atoms with E-state index in [9.17, 15) is 4.79 Å². The highest BCUT2D eigenvalue weighted by atomic mass is 35.5. The number of rotatable bonds is 1. The number of benzene rings is 1. The van der Waals surface area contributed by atoms with E-state index >= 15 is 0 Å². The summed E-state index contributed by atoms with van der Waals surface area (Å²) >= 11 is 6.57. The number of fused-ring (bicyclic) bond motifs is 2. The molecule has 0 spiro atoms. The maximum absolute atomic E-state index is 11.5. The Hall–Kier alpha value is -2.40. The van der Waals surface area contributed by atoms with Gasteiger partial charge in [-0.1, -0.05) is 17.7 Å². The molecular formula is C15H11ClN4O. The molecule has 0 radical (unpaired) electrons. The van der Waals surface area contributed by atoms with Crippen LogP contribution in [0.3, 0.4) is 0 Å². The highest BCUT2D eigenvalue weighted by molar-refractivity contribution is 6.34. The zero-order chi connectivity index (χ0) is 14.4. The zero-order valence-corrected chi connectivity index (χ0v) is 11.8. The number of carbonyl (C=O) groups is 1. The minimum atomic E-state index is -0.0352. The van der Waals surface area contributed by atoms with E-state index in [4.69, 9.17) is 11.6 Å². The summed E-state index contributed by atoms with van der Waals surface area (Å²) in [5.74, 6) is 0.576. The Kier molecular flexibility index (Phi) is 2.68. The van der Waals surface area contributed by atoms with Crippen LogP contribution in [0.15, 0.2) is 41.7 Å². The topological polar surface area (TPSA) is 57.6 Å². The first-order valence-electron chi connectivity index (χ1n) is 6.57. The molecule has 2 aliphatic rings. The van der Waals surface area contributed by atoms with Crippen molar-refractivity contribution in [2.24, 2.45) is 4.99 Å². The summed E-state index contributed by atoms with van der Waals surface area (Å²) < 4.78 is 0. The molecule has 1 fully saturated rings. The third-order valence-corrected chi connectivity index (χ3v) is 4.10. The van der Waals surface area contributed by atoms with Crippen molar-refractivity contribution in [3.05, 3.63) is 47.2 Å². The maximum atomic E-state index is 11.5. The molecule has 5 nitrogen and oxygen atoms in total. The molecule has 1 saturated heterocycles. The molecule has 21 heavy (non-hydrogen) atoms. The third-order valence-electron chi connectivity index (χ3n) is 3.67. The Balaban J connectivity index is 1.82. The lowest BCUT2D eigenvalue weighted by Crippen LogP contribution is -2.32. The van der Waals surface area contributed by atoms with Crippen LogP contribution in [0.25, 0.3) is 11.1 Å². The van der Waals surface area contributed by atoms with Gasteiger partial charge in [0.15, 0.2) is 0 Å². The Labute approximate surface area is 126 Å². The number of amides is 1. The standard InChI is InChI=1S/C15H11ClN4O/c16-14-10(9-3-5-17-6-4-9)1-2-12-11(14)7-20-8-13(21)19-15(20)18-12/h1-6H,7-8H2,(H,18,19,21). The molecule has 0 aliphatic carbocycles. The van der Waals surface area contributed by atoms with Gasteiger partial charge >= 0.3 is 0 Å². The number of nitrogens with zero attached hydrogens (tertiary/aromatic N) is 3. The lowest BCUT2D eigenvalue weighted by atomic mass is 10.0. The van der Waals surface area contributed by atoms with Gasteiger partial charge in [0.25, 0.3) is 0 Å². The van der Waals surface area contributed by atoms with E-state index in [0.29, 0.717) is 24.1 Å². The van der Waals surface area contributed by atoms with Crippen molar-refractivity contribution in [1.82, 2.24) is 15.2 Å². The van der Waals surface area contributed by atoms with Gasteiger partial charge in [0.05, 0.1) is 10.7 Å². The van der Waals surface area contributed by atoms with E-state index in [-0.39, 0.29) is 5.91 Å². The molecule has 104 valence electrons. The van der Waals surface area contributed by atoms with Crippen molar-refractivity contribution < 1.29 is 4.79 Å². The van der Waals surface area contributed by atoms with E-state index in [0.717, 1.165) is 22.4 Å². The van der Waals surface area contributed by atoms with Gasteiger partial charge in [0.1, 0.15) is 6.54 Å². The van der Waals surface area contributed by atoms with Crippen LogP contribution in [-0.2, 0) is 11.3 Å². The molecule has 2 aliphatic heterocycles. The normalized spacial score (nSPS) is 16.1. The molecule has 1 aromatic heterocycles. The number of aromatic nitrogens is 1. The number of hydrogen-bond acceptors (Lipinski definition) is 4. The summed E-state index contributed by atoms with van der Waals surface area (Å²) in [4.78, 5) is 21.8. The summed E-state index contributed by atoms with van der Waals surface area (Å²) in [5, 5.41) is 3.43. The van der Waals surface area contributed by atoms with Crippen LogP contribution in [0.2, 0.25) is 5.02 Å². The van der Waals surface area contributed by atoms with Gasteiger partial charge in [-0.15, -0.1) is 0 Å². The number of guanidine groups is 1. The van der Waals surface area contributed by atoms with Crippen LogP contribution in [0.5, 0.6) is 0 Å². The van der Waals surface area contributed by atoms with Gasteiger partial charge in [-0.25, -0.2) is 4.99 Å². The fourth-order valence-corrected chi connectivity index (χ4v) is 2.98. The van der Waals surface area contributed by atoms with Crippen molar-refractivity contribution in [1.29, 1.82) is 0 Å². The average Bonchev–Trinajstić information content (AvgIpc) is 2.86. The molecule has 3 heterocycles. The number of aliphatic imine (C=N–C) groups is 1. The van der Waals surface area contributed by atoms with Crippen molar-refractivity contribution in [2.45, 2.75) is 6.54 Å². The summed E-state index contributed by atoms with van der Waals surface area (Å²) in [6.07, 6.45) is 3.48. The van der Waals surface area contributed by atoms with Crippen molar-refractivity contribution in [3.8, 4) is 11.1 Å². The molecular weight excluding hydrogens is 288 g/mol. The first-order valence-corrected chi connectivity index (χ1v) is 6.95. The van der Waals surface area contributed by atoms with E-state index in [1.165, 1.54) is 0 Å². The Morgan fingerprint density at radius 3 is 2.76 bits per heavy atom. The van der Waals surface area contributed by atoms with Crippen LogP contribution < -0.4 is 5.32 Å². The molecule has 0 bridgehead atoms. The lowest BCUT2D eigenvalue weighted by Gasteiger charge is -2.24. The molecule has 0 unspecified atom stereocenters. The molecule has 1 aromatic carbocycles. The van der Waals surface area contributed by atoms with E-state index < -0.39 is 0 Å². The number of carbonyl (C=O) groups excluding carboxylic acids is 1. The van der Waals surface area contributed by atoms with Gasteiger partial charge in [0, 0.05) is 30.1 Å². The van der Waals surface area contributed by atoms with Crippen LogP contribution >= 0.6 is 11.6 Å². The first kappa shape index (κ1) is 12.3. The van der Waals surface area contributed by atoms with Crippen LogP contribution in [0.4, 0.5) is 5.69 Å². The molecule has 1 amide bonds. The fraction of sp³-hybridized carbons (Fsp3) is 0.133. The molecule has 0 saturated carbocycles. The predicted molar refractivity (Wildman–Crippen MR) is 80.3 cm³/mol. The van der Waals surface area contributed by atoms with Gasteiger partial charge < -0.3 is 4.90 Å². The van der Waals surface area contributed by atoms with Crippen molar-refractivity contribution in [3.63, 3.8) is 0 Å². The number of halogens is 1. The molecule has 4 rings (SSSR count). The summed E-state index contributed by atoms with van der Waals surface area (Å²) in [7, 11) is 0. The smallest absolute Gasteiger partial charge is 0.246 e. The summed E-state index contributed by atoms with van der Waals surface area (Å²) in [6.45, 7) is 0.915. The second-order valence-corrected chi connectivity index (χ2v) is 5.38. The molecule has 0 atom stereocenters. The molecule has 2 aromatic rings. The van der Waals surface area contributed by atoms with Crippen LogP contribution in [0.1, 0.15) is 5.56 Å². The van der Waals surface area contributed by atoms with Gasteiger partial charge in [0.2, 0.25) is 11.9 Å². The molecule has 6 heteroatoms. The van der Waals surface area contributed by atoms with E-state index in [2.05, 4.69) is 15.3 Å². The number of pyridine rings is 1. The second-order valence-electron chi connectivity index (χ2n) is 5.00. The Morgan fingerprint density at radius 1 is 1.14 bits per heavy atom. The van der Waals surface area contributed by atoms with Crippen molar-refractivity contribution in [2.75, 3.05) is 6.54 Å². The van der Waals surface area contributed by atoms with E-state index in [1.54, 1.807) is 12.4 Å². The number of hydrogen-bond donors (Lipinski definition) is 1. The fourth-order valence-electron chi connectivity index (χ4n) is 2.65. The van der Waals surface area contributed by atoms with Gasteiger partial charge in [-0.2, -0.15) is 0 Å². The summed E-state index contributed by atoms with van der Waals surface area (Å²) in [5.41, 5.74) is 3.73. The second kappa shape index (κ2) is 4.56. The van der Waals surface area contributed by atoms with Crippen LogP contribution in [-0.4, -0.2) is 28.3 Å². The van der Waals surface area contributed by atoms with Crippen molar-refractivity contribution >= 4 is 29.2 Å². The predicted octanol–water partition coefficient (Wildman–Crippen LogP) is 2.33. The quantitative estimate of drug-likeness (QED) is 0.879. The Morgan fingerprint density at radius 2 is 1.95 bits per heavy atom. The van der Waals surface area contributed by atoms with Crippen LogP contribution in [0, 0.1) is 0 Å². The zero-order valence-electron chi connectivity index (χ0n) is 11.0. The van der Waals surface area contributed by atoms with E-state index in [1.807, 2.05) is 29.2 Å². The molecule has 1 N–H and O–H groups in total. The SMILES string of the molecule is O=C1CN2Cc3c(ccc(-c4ccncc4)c3Cl)N=C2N1. The third kappa shape index (κ3) is 1.97. The van der Waals surface area contributed by atoms with Gasteiger partial charge in [-0.05, 0) is 23.8 Å².